The maximum absolute atomic E-state index is 12.5. The number of carbonyl (C=O) groups excluding carboxylic acids is 1. The number of rotatable bonds is 3. The molecule has 0 N–H and O–H groups in total. The first-order valence-electron chi connectivity index (χ1n) is 6.70. The third-order valence-electron chi connectivity index (χ3n) is 3.92. The van der Waals surface area contributed by atoms with Crippen molar-refractivity contribution in [2.75, 3.05) is 0 Å². The van der Waals surface area contributed by atoms with Crippen LogP contribution in [0.1, 0.15) is 29.0 Å². The minimum Gasteiger partial charge on any atom is -0.299 e. The maximum atomic E-state index is 12.5. The van der Waals surface area contributed by atoms with E-state index in [0.29, 0.717) is 16.5 Å². The van der Waals surface area contributed by atoms with Gasteiger partial charge in [0, 0.05) is 12.3 Å². The van der Waals surface area contributed by atoms with E-state index in [1.807, 2.05) is 24.3 Å². The summed E-state index contributed by atoms with van der Waals surface area (Å²) >= 11 is 12.2. The molecule has 20 heavy (non-hydrogen) atoms. The van der Waals surface area contributed by atoms with E-state index in [1.165, 1.54) is 11.1 Å². The summed E-state index contributed by atoms with van der Waals surface area (Å²) in [5, 5.41) is 0.998. The number of benzene rings is 2. The highest BCUT2D eigenvalue weighted by Gasteiger charge is 2.28. The van der Waals surface area contributed by atoms with Crippen LogP contribution in [0.3, 0.4) is 0 Å². The summed E-state index contributed by atoms with van der Waals surface area (Å²) in [5.41, 5.74) is 3.28. The summed E-state index contributed by atoms with van der Waals surface area (Å²) in [7, 11) is 0. The fourth-order valence-corrected chi connectivity index (χ4v) is 3.27. The highest BCUT2D eigenvalue weighted by Crippen LogP contribution is 2.35. The van der Waals surface area contributed by atoms with Crippen LogP contribution >= 0.6 is 23.2 Å². The van der Waals surface area contributed by atoms with Crippen LogP contribution in [0, 0.1) is 0 Å². The van der Waals surface area contributed by atoms with Crippen molar-refractivity contribution in [2.45, 2.75) is 25.2 Å². The Hall–Kier alpha value is -1.31. The van der Waals surface area contributed by atoms with Gasteiger partial charge in [-0.25, -0.2) is 0 Å². The molecule has 1 nitrogen and oxygen atoms in total. The van der Waals surface area contributed by atoms with Gasteiger partial charge >= 0.3 is 0 Å². The van der Waals surface area contributed by atoms with Crippen LogP contribution < -0.4 is 0 Å². The van der Waals surface area contributed by atoms with Crippen LogP contribution in [0.4, 0.5) is 0 Å². The average Bonchev–Trinajstić information content (AvgIpc) is 2.88. The first-order valence-corrected chi connectivity index (χ1v) is 7.46. The molecule has 0 saturated heterocycles. The van der Waals surface area contributed by atoms with Crippen LogP contribution in [0.5, 0.6) is 0 Å². The second-order valence-corrected chi connectivity index (χ2v) is 5.93. The third-order valence-corrected chi connectivity index (χ3v) is 4.78. The minimum atomic E-state index is 0.00116. The maximum Gasteiger partial charge on any atom is 0.144 e. The Morgan fingerprint density at radius 2 is 1.90 bits per heavy atom. The van der Waals surface area contributed by atoms with Gasteiger partial charge < -0.3 is 0 Å². The number of Topliss-reactive ketones (excluding diaryl/α,β-unsaturated/α-hetero) is 1. The minimum absolute atomic E-state index is 0.00116. The molecule has 1 aliphatic carbocycles. The number of ketones is 1. The molecule has 1 aliphatic rings. The molecule has 2 aromatic carbocycles. The molecule has 0 heterocycles. The fraction of sp³-hybridized carbons (Fsp3) is 0.235. The van der Waals surface area contributed by atoms with E-state index in [2.05, 4.69) is 12.1 Å². The summed E-state index contributed by atoms with van der Waals surface area (Å²) in [6, 6.07) is 13.6. The van der Waals surface area contributed by atoms with Crippen LogP contribution in [-0.4, -0.2) is 5.78 Å². The van der Waals surface area contributed by atoms with Crippen molar-refractivity contribution in [2.24, 2.45) is 0 Å². The van der Waals surface area contributed by atoms with E-state index >= 15 is 0 Å². The molecular weight excluding hydrogens is 291 g/mol. The van der Waals surface area contributed by atoms with Crippen molar-refractivity contribution < 1.29 is 4.79 Å². The van der Waals surface area contributed by atoms with E-state index in [0.717, 1.165) is 18.4 Å². The fourth-order valence-electron chi connectivity index (χ4n) is 2.89. The van der Waals surface area contributed by atoms with E-state index in [4.69, 9.17) is 23.2 Å². The van der Waals surface area contributed by atoms with E-state index in [1.54, 1.807) is 6.07 Å². The summed E-state index contributed by atoms with van der Waals surface area (Å²) in [4.78, 5) is 12.5. The summed E-state index contributed by atoms with van der Waals surface area (Å²) in [5.74, 6) is 0.223. The topological polar surface area (TPSA) is 17.1 Å². The molecule has 1 unspecified atom stereocenters. The summed E-state index contributed by atoms with van der Waals surface area (Å²) in [6.07, 6.45) is 2.23. The molecule has 0 fully saturated rings. The van der Waals surface area contributed by atoms with Gasteiger partial charge in [0.2, 0.25) is 0 Å². The zero-order valence-electron chi connectivity index (χ0n) is 10.9. The van der Waals surface area contributed by atoms with Crippen molar-refractivity contribution in [1.82, 2.24) is 0 Å². The normalized spacial score (nSPS) is 17.0. The van der Waals surface area contributed by atoms with Crippen LogP contribution in [0.25, 0.3) is 0 Å². The molecule has 0 aromatic heterocycles. The van der Waals surface area contributed by atoms with Gasteiger partial charge in [-0.15, -0.1) is 0 Å². The second kappa shape index (κ2) is 5.59. The van der Waals surface area contributed by atoms with E-state index in [9.17, 15) is 4.79 Å². The number of hydrogen-bond acceptors (Lipinski definition) is 1. The Morgan fingerprint density at radius 1 is 1.10 bits per heavy atom. The van der Waals surface area contributed by atoms with Crippen molar-refractivity contribution in [1.29, 1.82) is 0 Å². The molecule has 2 aromatic rings. The lowest BCUT2D eigenvalue weighted by Crippen LogP contribution is -2.13. The second-order valence-electron chi connectivity index (χ2n) is 5.15. The molecular formula is C17H14Cl2O. The Labute approximate surface area is 128 Å². The molecule has 3 rings (SSSR count). The van der Waals surface area contributed by atoms with Crippen molar-refractivity contribution in [3.05, 3.63) is 69.2 Å². The van der Waals surface area contributed by atoms with Crippen LogP contribution in [-0.2, 0) is 17.6 Å². The lowest BCUT2D eigenvalue weighted by atomic mass is 9.92. The molecule has 0 amide bonds. The Balaban J connectivity index is 1.83. The average molecular weight is 305 g/mol. The van der Waals surface area contributed by atoms with Gasteiger partial charge in [-0.1, -0.05) is 59.6 Å². The molecule has 0 radical (unpaired) electrons. The van der Waals surface area contributed by atoms with Crippen molar-refractivity contribution in [3.8, 4) is 0 Å². The molecule has 3 heteroatoms. The van der Waals surface area contributed by atoms with Crippen molar-refractivity contribution >= 4 is 29.0 Å². The highest BCUT2D eigenvalue weighted by molar-refractivity contribution is 6.42. The van der Waals surface area contributed by atoms with Gasteiger partial charge in [0.25, 0.3) is 0 Å². The Kier molecular flexibility index (Phi) is 3.82. The predicted octanol–water partition coefficient (Wildman–Crippen LogP) is 4.84. The molecule has 0 bridgehead atoms. The summed E-state index contributed by atoms with van der Waals surface area (Å²) in [6.45, 7) is 0. The number of fused-ring (bicyclic) bond motifs is 1. The first-order chi connectivity index (χ1) is 9.66. The highest BCUT2D eigenvalue weighted by atomic mass is 35.5. The predicted molar refractivity (Wildman–Crippen MR) is 82.7 cm³/mol. The number of halogens is 2. The number of hydrogen-bond donors (Lipinski definition) is 0. The monoisotopic (exact) mass is 304 g/mol. The molecule has 0 spiro atoms. The molecule has 0 saturated carbocycles. The molecule has 102 valence electrons. The van der Waals surface area contributed by atoms with Gasteiger partial charge in [0.15, 0.2) is 0 Å². The largest absolute Gasteiger partial charge is 0.299 e. The lowest BCUT2D eigenvalue weighted by Gasteiger charge is -2.11. The zero-order valence-corrected chi connectivity index (χ0v) is 12.4. The quantitative estimate of drug-likeness (QED) is 0.793. The van der Waals surface area contributed by atoms with Gasteiger partial charge in [-0.3, -0.25) is 4.79 Å². The van der Waals surface area contributed by atoms with Gasteiger partial charge in [-0.05, 0) is 35.6 Å². The SMILES string of the molecule is O=C(Cc1cccc(Cl)c1Cl)C1CCc2ccccc21. The summed E-state index contributed by atoms with van der Waals surface area (Å²) < 4.78 is 0. The third kappa shape index (κ3) is 2.48. The Morgan fingerprint density at radius 3 is 2.75 bits per heavy atom. The van der Waals surface area contributed by atoms with Gasteiger partial charge in [-0.2, -0.15) is 0 Å². The smallest absolute Gasteiger partial charge is 0.144 e. The first kappa shape index (κ1) is 13.7. The molecule has 1 atom stereocenters. The lowest BCUT2D eigenvalue weighted by molar-refractivity contribution is -0.119. The number of carbonyl (C=O) groups is 1. The van der Waals surface area contributed by atoms with E-state index in [-0.39, 0.29) is 11.7 Å². The van der Waals surface area contributed by atoms with E-state index < -0.39 is 0 Å². The number of aryl methyl sites for hydroxylation is 1. The van der Waals surface area contributed by atoms with Crippen LogP contribution in [0.15, 0.2) is 42.5 Å². The zero-order chi connectivity index (χ0) is 14.1. The van der Waals surface area contributed by atoms with Gasteiger partial charge in [0.05, 0.1) is 10.0 Å². The Bertz CT molecular complexity index is 664. The van der Waals surface area contributed by atoms with Crippen molar-refractivity contribution in [3.63, 3.8) is 0 Å². The standard InChI is InChI=1S/C17H14Cl2O/c18-15-7-3-5-12(17(15)19)10-16(20)14-9-8-11-4-1-2-6-13(11)14/h1-7,14H,8-10H2. The molecule has 0 aliphatic heterocycles. The van der Waals surface area contributed by atoms with Gasteiger partial charge in [0.1, 0.15) is 5.78 Å². The van der Waals surface area contributed by atoms with Crippen LogP contribution in [0.2, 0.25) is 10.0 Å².